The molecule has 6 heteroatoms. The van der Waals surface area contributed by atoms with Gasteiger partial charge in [0.05, 0.1) is 0 Å². The Kier molecular flexibility index (Phi) is 64.3. The van der Waals surface area contributed by atoms with Crippen LogP contribution in [0.5, 0.6) is 0 Å². The van der Waals surface area contributed by atoms with Crippen LogP contribution < -0.4 is 0 Å². The summed E-state index contributed by atoms with van der Waals surface area (Å²) in [5.74, 6) is -0.946. The molecule has 0 aliphatic rings. The molecule has 0 rings (SSSR count). The average molecular weight is 1120 g/mol. The van der Waals surface area contributed by atoms with Crippen LogP contribution in [0.25, 0.3) is 0 Å². The average Bonchev–Trinajstić information content (AvgIpc) is 3.47. The molecular formula is C75H124O6. The molecule has 460 valence electrons. The third kappa shape index (κ3) is 66.2. The molecule has 0 N–H and O–H groups in total. The van der Waals surface area contributed by atoms with Crippen LogP contribution in [-0.2, 0) is 28.6 Å². The summed E-state index contributed by atoms with van der Waals surface area (Å²) in [5, 5.41) is 0. The highest BCUT2D eigenvalue weighted by Gasteiger charge is 2.19. The van der Waals surface area contributed by atoms with Crippen LogP contribution in [0.15, 0.2) is 134 Å². The van der Waals surface area contributed by atoms with Crippen molar-refractivity contribution >= 4 is 17.9 Å². The molecule has 0 fully saturated rings. The lowest BCUT2D eigenvalue weighted by atomic mass is 10.1. The van der Waals surface area contributed by atoms with E-state index >= 15 is 0 Å². The lowest BCUT2D eigenvalue weighted by Crippen LogP contribution is -2.30. The van der Waals surface area contributed by atoms with Crippen molar-refractivity contribution in [2.45, 2.75) is 309 Å². The summed E-state index contributed by atoms with van der Waals surface area (Å²) in [5.41, 5.74) is 0. The molecule has 0 radical (unpaired) electrons. The molecule has 0 saturated carbocycles. The van der Waals surface area contributed by atoms with E-state index in [9.17, 15) is 14.4 Å². The van der Waals surface area contributed by atoms with Crippen LogP contribution in [-0.4, -0.2) is 37.2 Å². The first-order valence-corrected chi connectivity index (χ1v) is 33.7. The second-order valence-corrected chi connectivity index (χ2v) is 22.0. The predicted octanol–water partition coefficient (Wildman–Crippen LogP) is 23.3. The molecule has 1 atom stereocenters. The molecule has 0 aliphatic carbocycles. The maximum absolute atomic E-state index is 12.9. The zero-order valence-electron chi connectivity index (χ0n) is 52.8. The van der Waals surface area contributed by atoms with Crippen LogP contribution in [0, 0.1) is 0 Å². The van der Waals surface area contributed by atoms with Gasteiger partial charge in [0.2, 0.25) is 0 Å². The molecule has 6 nitrogen and oxygen atoms in total. The molecule has 0 spiro atoms. The lowest BCUT2D eigenvalue weighted by Gasteiger charge is -2.18. The van der Waals surface area contributed by atoms with Gasteiger partial charge in [-0.15, -0.1) is 0 Å². The summed E-state index contributed by atoms with van der Waals surface area (Å²) in [6, 6.07) is 0. The lowest BCUT2D eigenvalue weighted by molar-refractivity contribution is -0.167. The molecule has 0 aromatic carbocycles. The Balaban J connectivity index is 4.40. The van der Waals surface area contributed by atoms with Gasteiger partial charge in [0.15, 0.2) is 6.10 Å². The summed E-state index contributed by atoms with van der Waals surface area (Å²) in [4.78, 5) is 38.4. The van der Waals surface area contributed by atoms with E-state index in [4.69, 9.17) is 14.2 Å². The first kappa shape index (κ1) is 76.5. The second-order valence-electron chi connectivity index (χ2n) is 22.0. The summed E-state index contributed by atoms with van der Waals surface area (Å²) < 4.78 is 16.9. The topological polar surface area (TPSA) is 78.9 Å². The van der Waals surface area contributed by atoms with Crippen molar-refractivity contribution in [2.24, 2.45) is 0 Å². The summed E-state index contributed by atoms with van der Waals surface area (Å²) in [7, 11) is 0. The van der Waals surface area contributed by atoms with E-state index in [0.717, 1.165) is 128 Å². The second kappa shape index (κ2) is 68.1. The van der Waals surface area contributed by atoms with Crippen LogP contribution in [0.4, 0.5) is 0 Å². The Bertz CT molecular complexity index is 1720. The van der Waals surface area contributed by atoms with E-state index < -0.39 is 6.10 Å². The fourth-order valence-electron chi connectivity index (χ4n) is 9.14. The van der Waals surface area contributed by atoms with E-state index in [2.05, 4.69) is 154 Å². The number of allylic oxidation sites excluding steroid dienone is 22. The van der Waals surface area contributed by atoms with Gasteiger partial charge in [-0.05, 0) is 135 Å². The minimum absolute atomic E-state index is 0.0994. The van der Waals surface area contributed by atoms with Crippen molar-refractivity contribution in [3.8, 4) is 0 Å². The Labute approximate surface area is 500 Å². The first-order valence-electron chi connectivity index (χ1n) is 33.7. The predicted molar refractivity (Wildman–Crippen MR) is 353 cm³/mol. The van der Waals surface area contributed by atoms with Gasteiger partial charge in [0.25, 0.3) is 0 Å². The van der Waals surface area contributed by atoms with E-state index in [1.165, 1.54) is 135 Å². The summed E-state index contributed by atoms with van der Waals surface area (Å²) in [6.07, 6.45) is 96.1. The molecule has 0 aromatic rings. The minimum Gasteiger partial charge on any atom is -0.462 e. The van der Waals surface area contributed by atoms with Crippen LogP contribution in [0.3, 0.4) is 0 Å². The van der Waals surface area contributed by atoms with Crippen molar-refractivity contribution in [1.82, 2.24) is 0 Å². The highest BCUT2D eigenvalue weighted by molar-refractivity contribution is 5.71. The van der Waals surface area contributed by atoms with Gasteiger partial charge in [-0.2, -0.15) is 0 Å². The Morgan fingerprint density at radius 2 is 0.481 bits per heavy atom. The summed E-state index contributed by atoms with van der Waals surface area (Å²) >= 11 is 0. The van der Waals surface area contributed by atoms with Gasteiger partial charge in [-0.3, -0.25) is 14.4 Å². The molecule has 0 bridgehead atoms. The highest BCUT2D eigenvalue weighted by Crippen LogP contribution is 2.16. The third-order valence-electron chi connectivity index (χ3n) is 14.1. The molecule has 0 aliphatic heterocycles. The molecular weight excluding hydrogens is 997 g/mol. The van der Waals surface area contributed by atoms with Crippen LogP contribution in [0.2, 0.25) is 0 Å². The van der Waals surface area contributed by atoms with Gasteiger partial charge < -0.3 is 14.2 Å². The fraction of sp³-hybridized carbons (Fsp3) is 0.667. The molecule has 0 heterocycles. The van der Waals surface area contributed by atoms with Crippen molar-refractivity contribution in [3.05, 3.63) is 134 Å². The number of hydrogen-bond donors (Lipinski definition) is 0. The highest BCUT2D eigenvalue weighted by atomic mass is 16.6. The van der Waals surface area contributed by atoms with Crippen molar-refractivity contribution in [1.29, 1.82) is 0 Å². The van der Waals surface area contributed by atoms with Gasteiger partial charge in [-0.1, -0.05) is 283 Å². The molecule has 0 amide bonds. The Morgan fingerprint density at radius 3 is 0.790 bits per heavy atom. The third-order valence-corrected chi connectivity index (χ3v) is 14.1. The Morgan fingerprint density at radius 1 is 0.259 bits per heavy atom. The number of hydrogen-bond acceptors (Lipinski definition) is 6. The zero-order valence-corrected chi connectivity index (χ0v) is 52.8. The van der Waals surface area contributed by atoms with Gasteiger partial charge in [0, 0.05) is 19.3 Å². The number of carbonyl (C=O) groups excluding carboxylic acids is 3. The molecule has 0 aromatic heterocycles. The normalized spacial score (nSPS) is 13.0. The number of carbonyl (C=O) groups is 3. The van der Waals surface area contributed by atoms with Crippen molar-refractivity contribution in [2.75, 3.05) is 13.2 Å². The number of rotatable bonds is 60. The number of esters is 3. The SMILES string of the molecule is CC/C=C\C/C=C\C/C=C\C/C=C\C/C=C\C/C=C\CCCCCCCCCCC(=O)OCC(COC(=O)CCCC/C=C\C/C=C\C/C=C\C/C=C\CC)OC(=O)CCCCCCCCCCC/C=C\CCCCCCCCCC. The van der Waals surface area contributed by atoms with E-state index in [-0.39, 0.29) is 31.1 Å². The maximum atomic E-state index is 12.9. The molecule has 0 saturated heterocycles. The standard InChI is InChI=1S/C75H124O6/c1-4-7-10-13-16-19-22-25-28-30-32-34-35-36-37-38-39-41-42-44-47-50-53-56-59-62-65-68-74(77)80-71-72(70-79-73(76)67-64-61-58-55-52-49-46-27-24-21-18-15-12-9-6-3)81-75(78)69-66-63-60-57-54-51-48-45-43-40-33-31-29-26-23-20-17-14-11-8-5-2/h7,9-10,12,16,18-19,21,25,27-28,31-34,36-37,39,41,46,52,55,72H,4-6,8,11,13-15,17,20,22-24,26,29-30,35,38,40,42-45,47-51,53-54,56-71H2,1-3H3/b10-7-,12-9-,19-16-,21-18-,28-25-,33-31-,34-32-,37-36-,41-39-,46-27-,55-52-. The van der Waals surface area contributed by atoms with Gasteiger partial charge in [-0.25, -0.2) is 0 Å². The van der Waals surface area contributed by atoms with E-state index in [1.54, 1.807) is 0 Å². The largest absolute Gasteiger partial charge is 0.462 e. The monoisotopic (exact) mass is 1120 g/mol. The zero-order chi connectivity index (χ0) is 58.5. The quantitative estimate of drug-likeness (QED) is 0.0261. The first-order chi connectivity index (χ1) is 40.0. The fourth-order valence-corrected chi connectivity index (χ4v) is 9.14. The number of unbranched alkanes of at least 4 members (excludes halogenated alkanes) is 27. The van der Waals surface area contributed by atoms with Crippen molar-refractivity contribution < 1.29 is 28.6 Å². The smallest absolute Gasteiger partial charge is 0.306 e. The molecule has 81 heavy (non-hydrogen) atoms. The Hall–Kier alpha value is -4.45. The van der Waals surface area contributed by atoms with Crippen molar-refractivity contribution in [3.63, 3.8) is 0 Å². The van der Waals surface area contributed by atoms with Gasteiger partial charge >= 0.3 is 17.9 Å². The van der Waals surface area contributed by atoms with Gasteiger partial charge in [0.1, 0.15) is 13.2 Å². The minimum atomic E-state index is -0.806. The maximum Gasteiger partial charge on any atom is 0.306 e. The van der Waals surface area contributed by atoms with E-state index in [0.29, 0.717) is 19.3 Å². The van der Waals surface area contributed by atoms with Crippen LogP contribution in [0.1, 0.15) is 303 Å². The summed E-state index contributed by atoms with van der Waals surface area (Å²) in [6.45, 7) is 6.39. The van der Waals surface area contributed by atoms with Crippen LogP contribution >= 0.6 is 0 Å². The number of ether oxygens (including phenoxy) is 3. The molecule has 1 unspecified atom stereocenters. The van der Waals surface area contributed by atoms with E-state index in [1.807, 2.05) is 0 Å².